The topological polar surface area (TPSA) is 61.9 Å². The molecule has 1 aromatic rings. The van der Waals surface area contributed by atoms with E-state index in [2.05, 4.69) is 5.32 Å². The van der Waals surface area contributed by atoms with Gasteiger partial charge in [-0.3, -0.25) is 4.79 Å². The second-order valence-corrected chi connectivity index (χ2v) is 6.46. The van der Waals surface area contributed by atoms with Gasteiger partial charge in [-0.1, -0.05) is 0 Å². The van der Waals surface area contributed by atoms with Gasteiger partial charge in [-0.05, 0) is 38.6 Å². The molecule has 0 saturated heterocycles. The van der Waals surface area contributed by atoms with Crippen LogP contribution in [0.15, 0.2) is 0 Å². The minimum absolute atomic E-state index is 0.153. The number of thiocarbonyl (C=S) groups is 1. The van der Waals surface area contributed by atoms with Gasteiger partial charge in [0.05, 0.1) is 17.6 Å². The molecule has 0 saturated carbocycles. The van der Waals surface area contributed by atoms with Gasteiger partial charge in [0.15, 0.2) is 5.11 Å². The third-order valence-corrected chi connectivity index (χ3v) is 4.96. The molecule has 1 heterocycles. The molecule has 0 aliphatic heterocycles. The van der Waals surface area contributed by atoms with Crippen LogP contribution in [-0.2, 0) is 4.74 Å². The van der Waals surface area contributed by atoms with Gasteiger partial charge in [0.2, 0.25) is 0 Å². The number of ether oxygens (including phenoxy) is 1. The Morgan fingerprint density at radius 2 is 1.83 bits per heavy atom. The monoisotopic (exact) mass is 357 g/mol. The fourth-order valence-corrected chi connectivity index (χ4v) is 3.68. The summed E-state index contributed by atoms with van der Waals surface area (Å²) in [4.78, 5) is 28.3. The van der Waals surface area contributed by atoms with Crippen LogP contribution >= 0.6 is 23.6 Å². The summed E-state index contributed by atoms with van der Waals surface area (Å²) < 4.78 is 4.85. The summed E-state index contributed by atoms with van der Waals surface area (Å²) in [7, 11) is 4.67. The number of rotatable bonds is 5. The quantitative estimate of drug-likeness (QED) is 0.646. The molecular weight excluding hydrogens is 334 g/mol. The molecule has 23 heavy (non-hydrogen) atoms. The molecule has 1 amide bonds. The molecule has 0 spiro atoms. The number of hydrogen-bond acceptors (Lipinski definition) is 5. The van der Waals surface area contributed by atoms with Gasteiger partial charge >= 0.3 is 5.97 Å². The zero-order chi connectivity index (χ0) is 17.7. The fraction of sp³-hybridized carbons (Fsp3) is 0.533. The number of thiophene rings is 1. The van der Waals surface area contributed by atoms with Crippen molar-refractivity contribution in [2.24, 2.45) is 0 Å². The summed E-state index contributed by atoms with van der Waals surface area (Å²) in [5, 5.41) is 4.14. The van der Waals surface area contributed by atoms with Crippen LogP contribution in [0.4, 0.5) is 5.00 Å². The first-order chi connectivity index (χ1) is 10.8. The Morgan fingerprint density at radius 3 is 2.26 bits per heavy atom. The standard InChI is InChI=1S/C15H23N3O3S2/c1-7-18(8-2)15(22)16-12-10(14(20)21-6)9(3)11(23-12)13(19)17(4)5/h7-8H2,1-6H3,(H,16,22). The van der Waals surface area contributed by atoms with Crippen LogP contribution in [0.3, 0.4) is 0 Å². The average Bonchev–Trinajstić information content (AvgIpc) is 2.83. The maximum atomic E-state index is 12.3. The van der Waals surface area contributed by atoms with Crippen molar-refractivity contribution in [1.82, 2.24) is 9.80 Å². The number of esters is 1. The van der Waals surface area contributed by atoms with E-state index in [1.165, 1.54) is 23.3 Å². The number of carbonyl (C=O) groups is 2. The molecule has 0 atom stereocenters. The SMILES string of the molecule is CCN(CC)C(=S)Nc1sc(C(=O)N(C)C)c(C)c1C(=O)OC. The molecule has 1 N–H and O–H groups in total. The lowest BCUT2D eigenvalue weighted by Crippen LogP contribution is -2.34. The molecule has 0 aliphatic rings. The van der Waals surface area contributed by atoms with E-state index < -0.39 is 5.97 Å². The van der Waals surface area contributed by atoms with Crippen LogP contribution in [-0.4, -0.2) is 61.1 Å². The fourth-order valence-electron chi connectivity index (χ4n) is 2.04. The number of hydrogen-bond donors (Lipinski definition) is 1. The van der Waals surface area contributed by atoms with E-state index in [0.29, 0.717) is 26.1 Å². The minimum atomic E-state index is -0.485. The summed E-state index contributed by atoms with van der Waals surface area (Å²) in [5.41, 5.74) is 0.961. The van der Waals surface area contributed by atoms with Gasteiger partial charge in [0.1, 0.15) is 5.00 Å². The Bertz CT molecular complexity index is 607. The van der Waals surface area contributed by atoms with E-state index in [4.69, 9.17) is 17.0 Å². The normalized spacial score (nSPS) is 10.2. The first-order valence-electron chi connectivity index (χ1n) is 7.27. The van der Waals surface area contributed by atoms with Gasteiger partial charge in [-0.2, -0.15) is 0 Å². The number of anilines is 1. The van der Waals surface area contributed by atoms with E-state index >= 15 is 0 Å². The van der Waals surface area contributed by atoms with E-state index in [0.717, 1.165) is 13.1 Å². The molecule has 0 radical (unpaired) electrons. The number of amides is 1. The van der Waals surface area contributed by atoms with Crippen molar-refractivity contribution >= 4 is 45.5 Å². The Hall–Kier alpha value is -1.67. The molecule has 1 rings (SSSR count). The highest BCUT2D eigenvalue weighted by atomic mass is 32.1. The smallest absolute Gasteiger partial charge is 0.341 e. The van der Waals surface area contributed by atoms with Gasteiger partial charge < -0.3 is 19.9 Å². The molecular formula is C15H23N3O3S2. The summed E-state index contributed by atoms with van der Waals surface area (Å²) >= 11 is 6.60. The second-order valence-electron chi connectivity index (χ2n) is 5.05. The van der Waals surface area contributed by atoms with Crippen LogP contribution in [0.5, 0.6) is 0 Å². The van der Waals surface area contributed by atoms with Crippen molar-refractivity contribution in [1.29, 1.82) is 0 Å². The number of nitrogens with one attached hydrogen (secondary N) is 1. The highest BCUT2D eigenvalue weighted by Gasteiger charge is 2.26. The first-order valence-corrected chi connectivity index (χ1v) is 8.50. The van der Waals surface area contributed by atoms with Crippen molar-refractivity contribution < 1.29 is 14.3 Å². The van der Waals surface area contributed by atoms with E-state index in [1.54, 1.807) is 21.0 Å². The lowest BCUT2D eigenvalue weighted by atomic mass is 10.1. The third kappa shape index (κ3) is 4.20. The molecule has 0 bridgehead atoms. The summed E-state index contributed by atoms with van der Waals surface area (Å²) in [6, 6.07) is 0. The third-order valence-electron chi connectivity index (χ3n) is 3.41. The van der Waals surface area contributed by atoms with Crippen molar-refractivity contribution in [3.63, 3.8) is 0 Å². The molecule has 0 unspecified atom stereocenters. The average molecular weight is 358 g/mol. The molecule has 128 valence electrons. The molecule has 8 heteroatoms. The molecule has 0 fully saturated rings. The van der Waals surface area contributed by atoms with Crippen LogP contribution in [0.2, 0.25) is 0 Å². The Labute approximate surface area is 146 Å². The largest absolute Gasteiger partial charge is 0.465 e. The predicted octanol–water partition coefficient (Wildman–Crippen LogP) is 2.58. The summed E-state index contributed by atoms with van der Waals surface area (Å²) in [6.07, 6.45) is 0. The highest BCUT2D eigenvalue weighted by Crippen LogP contribution is 2.34. The summed E-state index contributed by atoms with van der Waals surface area (Å²) in [6.45, 7) is 7.25. The first kappa shape index (κ1) is 19.4. The predicted molar refractivity (Wildman–Crippen MR) is 97.6 cm³/mol. The van der Waals surface area contributed by atoms with Gasteiger partial charge in [-0.25, -0.2) is 4.79 Å². The maximum Gasteiger partial charge on any atom is 0.341 e. The molecule has 0 aliphatic carbocycles. The van der Waals surface area contributed by atoms with E-state index in [9.17, 15) is 9.59 Å². The maximum absolute atomic E-state index is 12.3. The van der Waals surface area contributed by atoms with Crippen LogP contribution in [0.1, 0.15) is 39.4 Å². The van der Waals surface area contributed by atoms with Gasteiger partial charge in [0.25, 0.3) is 5.91 Å². The highest BCUT2D eigenvalue weighted by molar-refractivity contribution is 7.80. The van der Waals surface area contributed by atoms with E-state index in [-0.39, 0.29) is 5.91 Å². The lowest BCUT2D eigenvalue weighted by molar-refractivity contribution is 0.0601. The Kier molecular flexibility index (Phi) is 6.96. The lowest BCUT2D eigenvalue weighted by Gasteiger charge is -2.22. The van der Waals surface area contributed by atoms with E-state index in [1.807, 2.05) is 18.7 Å². The summed E-state index contributed by atoms with van der Waals surface area (Å²) in [5.74, 6) is -0.638. The van der Waals surface area contributed by atoms with Crippen LogP contribution in [0, 0.1) is 6.92 Å². The molecule has 6 nitrogen and oxygen atoms in total. The second kappa shape index (κ2) is 8.26. The number of methoxy groups -OCH3 is 1. The van der Waals surface area contributed by atoms with Gasteiger partial charge in [-0.15, -0.1) is 11.3 Å². The van der Waals surface area contributed by atoms with Crippen LogP contribution in [0.25, 0.3) is 0 Å². The van der Waals surface area contributed by atoms with Crippen molar-refractivity contribution in [2.75, 3.05) is 39.6 Å². The number of carbonyl (C=O) groups excluding carboxylic acids is 2. The molecule has 0 aromatic carbocycles. The Morgan fingerprint density at radius 1 is 1.26 bits per heavy atom. The number of nitrogens with zero attached hydrogens (tertiary/aromatic N) is 2. The zero-order valence-electron chi connectivity index (χ0n) is 14.3. The van der Waals surface area contributed by atoms with Crippen LogP contribution < -0.4 is 5.32 Å². The molecule has 1 aromatic heterocycles. The van der Waals surface area contributed by atoms with Crippen molar-refractivity contribution in [2.45, 2.75) is 20.8 Å². The van der Waals surface area contributed by atoms with Gasteiger partial charge in [0, 0.05) is 27.2 Å². The Balaban J connectivity index is 3.30. The van der Waals surface area contributed by atoms with Crippen molar-refractivity contribution in [3.8, 4) is 0 Å². The zero-order valence-corrected chi connectivity index (χ0v) is 16.0. The van der Waals surface area contributed by atoms with Crippen molar-refractivity contribution in [3.05, 3.63) is 16.0 Å². The minimum Gasteiger partial charge on any atom is -0.465 e.